The van der Waals surface area contributed by atoms with Gasteiger partial charge in [0.2, 0.25) is 0 Å². The van der Waals surface area contributed by atoms with E-state index in [0.717, 1.165) is 11.6 Å². The van der Waals surface area contributed by atoms with E-state index >= 15 is 0 Å². The number of nitrogens with two attached hydrogens (primary N) is 1. The van der Waals surface area contributed by atoms with Crippen molar-refractivity contribution in [1.29, 1.82) is 0 Å². The molecule has 2 rings (SSSR count). The predicted octanol–water partition coefficient (Wildman–Crippen LogP) is 3.90. The summed E-state index contributed by atoms with van der Waals surface area (Å²) in [6, 6.07) is 14.9. The van der Waals surface area contributed by atoms with Crippen molar-refractivity contribution in [3.8, 4) is 5.75 Å². The van der Waals surface area contributed by atoms with Crippen LogP contribution in [0.3, 0.4) is 0 Å². The maximum atomic E-state index is 12.9. The van der Waals surface area contributed by atoms with Gasteiger partial charge in [-0.05, 0) is 30.7 Å². The Bertz CT molecular complexity index is 584. The molecule has 1 unspecified atom stereocenters. The second-order valence-electron chi connectivity index (χ2n) is 5.10. The summed E-state index contributed by atoms with van der Waals surface area (Å²) in [4.78, 5) is 0. The summed E-state index contributed by atoms with van der Waals surface area (Å²) in [5, 5.41) is 0. The first kappa shape index (κ1) is 16.4. The molecule has 0 aromatic heterocycles. The summed E-state index contributed by atoms with van der Waals surface area (Å²) in [5.74, 6) is -0.190. The molecule has 2 nitrogen and oxygen atoms in total. The third-order valence-electron chi connectivity index (χ3n) is 3.37. The second-order valence-corrected chi connectivity index (χ2v) is 5.10. The van der Waals surface area contributed by atoms with Crippen LogP contribution in [0, 0.1) is 5.92 Å². The molecule has 5 heteroatoms. The quantitative estimate of drug-likeness (QED) is 0.878. The van der Waals surface area contributed by atoms with Crippen LogP contribution in [0.25, 0.3) is 0 Å². The summed E-state index contributed by atoms with van der Waals surface area (Å²) in [5.41, 5.74) is 6.04. The lowest BCUT2D eigenvalue weighted by Gasteiger charge is -2.18. The zero-order chi connectivity index (χ0) is 16.0. The Kier molecular flexibility index (Phi) is 5.44. The van der Waals surface area contributed by atoms with E-state index in [1.807, 2.05) is 30.3 Å². The van der Waals surface area contributed by atoms with Gasteiger partial charge in [0.05, 0.1) is 12.2 Å². The lowest BCUT2D eigenvalue weighted by atomic mass is 10.0. The van der Waals surface area contributed by atoms with E-state index in [-0.39, 0.29) is 18.3 Å². The number of hydrogen-bond donors (Lipinski definition) is 1. The Labute approximate surface area is 127 Å². The van der Waals surface area contributed by atoms with Crippen LogP contribution in [-0.2, 0) is 12.6 Å². The first-order chi connectivity index (χ1) is 10.5. The fourth-order valence-electron chi connectivity index (χ4n) is 2.19. The highest BCUT2D eigenvalue weighted by Gasteiger charge is 2.34. The summed E-state index contributed by atoms with van der Waals surface area (Å²) >= 11 is 0. The van der Waals surface area contributed by atoms with Gasteiger partial charge in [-0.15, -0.1) is 0 Å². The van der Waals surface area contributed by atoms with Gasteiger partial charge in [0.1, 0.15) is 5.75 Å². The van der Waals surface area contributed by atoms with Crippen molar-refractivity contribution >= 4 is 0 Å². The van der Waals surface area contributed by atoms with E-state index in [1.165, 1.54) is 18.2 Å². The van der Waals surface area contributed by atoms with Crippen LogP contribution in [0.15, 0.2) is 54.6 Å². The molecule has 0 aliphatic rings. The topological polar surface area (TPSA) is 35.2 Å². The van der Waals surface area contributed by atoms with Gasteiger partial charge in [0, 0.05) is 5.92 Å². The second kappa shape index (κ2) is 7.31. The number of ether oxygens (including phenoxy) is 1. The molecule has 0 saturated carbocycles. The predicted molar refractivity (Wildman–Crippen MR) is 79.6 cm³/mol. The minimum atomic E-state index is -4.42. The molecule has 0 saturated heterocycles. The molecule has 2 aromatic rings. The first-order valence-electron chi connectivity index (χ1n) is 7.03. The number of para-hydroxylation sites is 1. The summed E-state index contributed by atoms with van der Waals surface area (Å²) in [7, 11) is 0. The normalized spacial score (nSPS) is 12.9. The number of hydrogen-bond acceptors (Lipinski definition) is 2. The van der Waals surface area contributed by atoms with Gasteiger partial charge in [-0.3, -0.25) is 0 Å². The molecule has 118 valence electrons. The molecule has 2 N–H and O–H groups in total. The van der Waals surface area contributed by atoms with Gasteiger partial charge >= 0.3 is 6.18 Å². The van der Waals surface area contributed by atoms with Crippen molar-refractivity contribution in [2.75, 3.05) is 13.2 Å². The Balaban J connectivity index is 2.02. The van der Waals surface area contributed by atoms with E-state index in [1.54, 1.807) is 0 Å². The van der Waals surface area contributed by atoms with E-state index in [4.69, 9.17) is 10.5 Å². The number of alkyl halides is 3. The fraction of sp³-hybridized carbons (Fsp3) is 0.294. The molecule has 0 aliphatic carbocycles. The third-order valence-corrected chi connectivity index (χ3v) is 3.37. The highest BCUT2D eigenvalue weighted by molar-refractivity contribution is 5.35. The van der Waals surface area contributed by atoms with Gasteiger partial charge in [-0.2, -0.15) is 13.2 Å². The maximum Gasteiger partial charge on any atom is 0.419 e. The molecule has 1 atom stereocenters. The average Bonchev–Trinajstić information content (AvgIpc) is 2.52. The molecule has 0 heterocycles. The monoisotopic (exact) mass is 309 g/mol. The zero-order valence-electron chi connectivity index (χ0n) is 12.0. The minimum absolute atomic E-state index is 0.0383. The third kappa shape index (κ3) is 4.49. The highest BCUT2D eigenvalue weighted by atomic mass is 19.4. The van der Waals surface area contributed by atoms with Crippen LogP contribution < -0.4 is 10.5 Å². The van der Waals surface area contributed by atoms with Crippen molar-refractivity contribution in [2.24, 2.45) is 11.7 Å². The molecule has 0 fully saturated rings. The van der Waals surface area contributed by atoms with Crippen LogP contribution in [0.2, 0.25) is 0 Å². The molecular weight excluding hydrogens is 291 g/mol. The lowest BCUT2D eigenvalue weighted by Crippen LogP contribution is -2.24. The average molecular weight is 309 g/mol. The SMILES string of the molecule is NCC(COc1ccccc1C(F)(F)F)Cc1ccccc1. The van der Waals surface area contributed by atoms with E-state index in [9.17, 15) is 13.2 Å². The standard InChI is InChI=1S/C17H18F3NO/c18-17(19,20)15-8-4-5-9-16(15)22-12-14(11-21)10-13-6-2-1-3-7-13/h1-9,14H,10-12,21H2. The van der Waals surface area contributed by atoms with E-state index < -0.39 is 11.7 Å². The van der Waals surface area contributed by atoms with Crippen LogP contribution in [0.1, 0.15) is 11.1 Å². The smallest absolute Gasteiger partial charge is 0.419 e. The first-order valence-corrected chi connectivity index (χ1v) is 7.03. The van der Waals surface area contributed by atoms with Crippen molar-refractivity contribution in [3.63, 3.8) is 0 Å². The molecular formula is C17H18F3NO. The van der Waals surface area contributed by atoms with E-state index in [2.05, 4.69) is 0 Å². The fourth-order valence-corrected chi connectivity index (χ4v) is 2.19. The summed E-state index contributed by atoms with van der Waals surface area (Å²) in [6.07, 6.45) is -3.75. The summed E-state index contributed by atoms with van der Waals surface area (Å²) < 4.78 is 44.1. The Morgan fingerprint density at radius 1 is 0.955 bits per heavy atom. The van der Waals surface area contributed by atoms with Gasteiger partial charge in [0.15, 0.2) is 0 Å². The molecule has 0 amide bonds. The molecule has 22 heavy (non-hydrogen) atoms. The van der Waals surface area contributed by atoms with Gasteiger partial charge in [-0.25, -0.2) is 0 Å². The Morgan fingerprint density at radius 3 is 2.23 bits per heavy atom. The maximum absolute atomic E-state index is 12.9. The van der Waals surface area contributed by atoms with Crippen molar-refractivity contribution in [3.05, 3.63) is 65.7 Å². The molecule has 2 aromatic carbocycles. The van der Waals surface area contributed by atoms with Crippen LogP contribution >= 0.6 is 0 Å². The van der Waals surface area contributed by atoms with E-state index in [0.29, 0.717) is 13.0 Å². The van der Waals surface area contributed by atoms with Gasteiger partial charge < -0.3 is 10.5 Å². The van der Waals surface area contributed by atoms with Crippen molar-refractivity contribution < 1.29 is 17.9 Å². The molecule has 0 spiro atoms. The van der Waals surface area contributed by atoms with Crippen molar-refractivity contribution in [1.82, 2.24) is 0 Å². The molecule has 0 bridgehead atoms. The minimum Gasteiger partial charge on any atom is -0.493 e. The lowest BCUT2D eigenvalue weighted by molar-refractivity contribution is -0.139. The van der Waals surface area contributed by atoms with Crippen molar-refractivity contribution in [2.45, 2.75) is 12.6 Å². The number of rotatable bonds is 6. The van der Waals surface area contributed by atoms with Gasteiger partial charge in [-0.1, -0.05) is 42.5 Å². The molecule has 0 radical (unpaired) electrons. The number of halogens is 3. The number of benzene rings is 2. The molecule has 0 aliphatic heterocycles. The Hall–Kier alpha value is -2.01. The van der Waals surface area contributed by atoms with Crippen LogP contribution in [-0.4, -0.2) is 13.2 Å². The summed E-state index contributed by atoms with van der Waals surface area (Å²) in [6.45, 7) is 0.502. The van der Waals surface area contributed by atoms with Crippen LogP contribution in [0.5, 0.6) is 5.75 Å². The van der Waals surface area contributed by atoms with Gasteiger partial charge in [0.25, 0.3) is 0 Å². The zero-order valence-corrected chi connectivity index (χ0v) is 12.0. The highest BCUT2D eigenvalue weighted by Crippen LogP contribution is 2.36. The Morgan fingerprint density at radius 2 is 1.59 bits per heavy atom. The van der Waals surface area contributed by atoms with Crippen LogP contribution in [0.4, 0.5) is 13.2 Å². The largest absolute Gasteiger partial charge is 0.493 e.